The van der Waals surface area contributed by atoms with E-state index in [2.05, 4.69) is 4.74 Å². The molecular formula is C12H11F5O2. The van der Waals surface area contributed by atoms with Gasteiger partial charge in [-0.25, -0.2) is 8.78 Å². The average Bonchev–Trinajstić information content (AvgIpc) is 2.26. The van der Waals surface area contributed by atoms with Gasteiger partial charge in [0.05, 0.1) is 18.6 Å². The fourth-order valence-corrected chi connectivity index (χ4v) is 1.34. The van der Waals surface area contributed by atoms with Crippen LogP contribution in [-0.4, -0.2) is 24.7 Å². The van der Waals surface area contributed by atoms with Crippen molar-refractivity contribution < 1.29 is 31.5 Å². The van der Waals surface area contributed by atoms with Crippen LogP contribution in [0.25, 0.3) is 0 Å². The second-order valence-electron chi connectivity index (χ2n) is 3.87. The van der Waals surface area contributed by atoms with Crippen LogP contribution in [0.3, 0.4) is 0 Å². The van der Waals surface area contributed by atoms with Crippen LogP contribution in [0.1, 0.15) is 23.7 Å². The third-order valence-electron chi connectivity index (χ3n) is 2.32. The van der Waals surface area contributed by atoms with Gasteiger partial charge in [-0.3, -0.25) is 4.79 Å². The van der Waals surface area contributed by atoms with E-state index in [0.29, 0.717) is 6.07 Å². The minimum absolute atomic E-state index is 0.416. The van der Waals surface area contributed by atoms with E-state index in [-0.39, 0.29) is 0 Å². The summed E-state index contributed by atoms with van der Waals surface area (Å²) in [7, 11) is 0. The van der Waals surface area contributed by atoms with Gasteiger partial charge in [0.15, 0.2) is 5.78 Å². The van der Waals surface area contributed by atoms with Gasteiger partial charge in [0, 0.05) is 6.07 Å². The van der Waals surface area contributed by atoms with Crippen LogP contribution in [0.2, 0.25) is 0 Å². The lowest BCUT2D eigenvalue weighted by atomic mass is 10.1. The van der Waals surface area contributed by atoms with Crippen LogP contribution in [0, 0.1) is 11.6 Å². The van der Waals surface area contributed by atoms with Gasteiger partial charge in [0.2, 0.25) is 0 Å². The molecule has 0 heterocycles. The third-order valence-corrected chi connectivity index (χ3v) is 2.32. The Hall–Kier alpha value is -1.50. The Morgan fingerprint density at radius 3 is 2.47 bits per heavy atom. The van der Waals surface area contributed by atoms with Crippen LogP contribution in [0.5, 0.6) is 0 Å². The monoisotopic (exact) mass is 282 g/mol. The third kappa shape index (κ3) is 4.94. The number of carbonyl (C=O) groups excluding carboxylic acids is 1. The van der Waals surface area contributed by atoms with E-state index in [4.69, 9.17) is 0 Å². The summed E-state index contributed by atoms with van der Waals surface area (Å²) >= 11 is 0. The molecule has 1 unspecified atom stereocenters. The van der Waals surface area contributed by atoms with Gasteiger partial charge >= 0.3 is 6.18 Å². The highest BCUT2D eigenvalue weighted by Crippen LogP contribution is 2.20. The van der Waals surface area contributed by atoms with Crippen molar-refractivity contribution in [3.05, 3.63) is 35.4 Å². The largest absolute Gasteiger partial charge is 0.391 e. The van der Waals surface area contributed by atoms with Crippen molar-refractivity contribution in [2.45, 2.75) is 25.6 Å². The number of ketones is 1. The lowest BCUT2D eigenvalue weighted by molar-refractivity contribution is -0.147. The normalized spacial score (nSPS) is 13.4. The Labute approximate surface area is 106 Å². The number of halogens is 5. The molecular weight excluding hydrogens is 271 g/mol. The van der Waals surface area contributed by atoms with Crippen LogP contribution in [0.4, 0.5) is 22.0 Å². The fourth-order valence-electron chi connectivity index (χ4n) is 1.34. The lowest BCUT2D eigenvalue weighted by Gasteiger charge is -2.13. The molecule has 1 aromatic rings. The molecule has 0 radical (unpaired) electrons. The highest BCUT2D eigenvalue weighted by Gasteiger charge is 2.28. The molecule has 1 aromatic carbocycles. The number of hydrogen-bond acceptors (Lipinski definition) is 2. The van der Waals surface area contributed by atoms with Crippen molar-refractivity contribution in [1.29, 1.82) is 0 Å². The average molecular weight is 282 g/mol. The maximum absolute atomic E-state index is 13.3. The van der Waals surface area contributed by atoms with E-state index in [1.54, 1.807) is 0 Å². The predicted molar refractivity (Wildman–Crippen MR) is 56.8 cm³/mol. The summed E-state index contributed by atoms with van der Waals surface area (Å²) < 4.78 is 66.2. The second-order valence-corrected chi connectivity index (χ2v) is 3.87. The standard InChI is InChI=1S/C12H11F5O2/c1-7(19-5-4-12(15,16)17)11(18)9-3-2-8(13)6-10(9)14/h2-3,6-7H,4-5H2,1H3. The maximum atomic E-state index is 13.3. The first-order valence-electron chi connectivity index (χ1n) is 5.38. The zero-order valence-corrected chi connectivity index (χ0v) is 9.93. The van der Waals surface area contributed by atoms with Crippen LogP contribution in [0.15, 0.2) is 18.2 Å². The summed E-state index contributed by atoms with van der Waals surface area (Å²) in [5.41, 5.74) is -0.416. The SMILES string of the molecule is CC(OCCC(F)(F)F)C(=O)c1ccc(F)cc1F. The number of benzene rings is 1. The molecule has 1 atom stereocenters. The van der Waals surface area contributed by atoms with Crippen molar-refractivity contribution in [2.75, 3.05) is 6.61 Å². The minimum atomic E-state index is -4.39. The molecule has 2 nitrogen and oxygen atoms in total. The molecule has 106 valence electrons. The van der Waals surface area contributed by atoms with Crippen molar-refractivity contribution in [3.8, 4) is 0 Å². The molecule has 19 heavy (non-hydrogen) atoms. The van der Waals surface area contributed by atoms with Crippen LogP contribution in [-0.2, 0) is 4.74 Å². The van der Waals surface area contributed by atoms with Gasteiger partial charge in [-0.15, -0.1) is 0 Å². The number of rotatable bonds is 5. The Kier molecular flexibility index (Phi) is 4.99. The van der Waals surface area contributed by atoms with Crippen molar-refractivity contribution >= 4 is 5.78 Å². The van der Waals surface area contributed by atoms with Crippen molar-refractivity contribution in [3.63, 3.8) is 0 Å². The number of carbonyl (C=O) groups is 1. The molecule has 0 aliphatic carbocycles. The molecule has 0 bridgehead atoms. The zero-order valence-electron chi connectivity index (χ0n) is 9.93. The lowest BCUT2D eigenvalue weighted by Crippen LogP contribution is -2.24. The predicted octanol–water partition coefficient (Wildman–Crippen LogP) is 3.51. The molecule has 7 heteroatoms. The quantitative estimate of drug-likeness (QED) is 0.610. The molecule has 0 saturated carbocycles. The summed E-state index contributed by atoms with van der Waals surface area (Å²) in [6, 6.07) is 2.34. The molecule has 0 amide bonds. The summed E-state index contributed by atoms with van der Waals surface area (Å²) in [4.78, 5) is 11.7. The first-order chi connectivity index (χ1) is 8.70. The zero-order chi connectivity index (χ0) is 14.6. The van der Waals surface area contributed by atoms with Crippen molar-refractivity contribution in [2.24, 2.45) is 0 Å². The Balaban J connectivity index is 2.62. The Bertz CT molecular complexity index is 456. The molecule has 0 aliphatic heterocycles. The number of Topliss-reactive ketones (excluding diaryl/α,β-unsaturated/α-hetero) is 1. The van der Waals surface area contributed by atoms with Crippen LogP contribution >= 0.6 is 0 Å². The number of hydrogen-bond donors (Lipinski definition) is 0. The highest BCUT2D eigenvalue weighted by atomic mass is 19.4. The van der Waals surface area contributed by atoms with E-state index in [9.17, 15) is 26.7 Å². The number of alkyl halides is 3. The summed E-state index contributed by atoms with van der Waals surface area (Å²) in [6.07, 6.45) is -6.82. The smallest absolute Gasteiger partial charge is 0.370 e. The van der Waals surface area contributed by atoms with Gasteiger partial charge < -0.3 is 4.74 Å². The summed E-state index contributed by atoms with van der Waals surface area (Å²) in [6.45, 7) is 0.515. The van der Waals surface area contributed by atoms with E-state index in [1.807, 2.05) is 0 Å². The van der Waals surface area contributed by atoms with E-state index < -0.39 is 48.3 Å². The Morgan fingerprint density at radius 1 is 1.32 bits per heavy atom. The second kappa shape index (κ2) is 6.10. The molecule has 0 spiro atoms. The Morgan fingerprint density at radius 2 is 1.95 bits per heavy atom. The first-order valence-corrected chi connectivity index (χ1v) is 5.38. The minimum Gasteiger partial charge on any atom is -0.370 e. The molecule has 0 aliphatic rings. The number of ether oxygens (including phenoxy) is 1. The summed E-state index contributed by atoms with van der Waals surface area (Å²) in [5.74, 6) is -2.75. The maximum Gasteiger partial charge on any atom is 0.391 e. The van der Waals surface area contributed by atoms with Crippen LogP contribution < -0.4 is 0 Å². The first kappa shape index (κ1) is 15.6. The van der Waals surface area contributed by atoms with Gasteiger partial charge in [0.1, 0.15) is 17.7 Å². The molecule has 0 saturated heterocycles. The molecule has 0 aromatic heterocycles. The molecule has 0 fully saturated rings. The summed E-state index contributed by atoms with van der Waals surface area (Å²) in [5, 5.41) is 0. The fraction of sp³-hybridized carbons (Fsp3) is 0.417. The van der Waals surface area contributed by atoms with E-state index in [0.717, 1.165) is 12.1 Å². The van der Waals surface area contributed by atoms with Gasteiger partial charge in [-0.05, 0) is 19.1 Å². The van der Waals surface area contributed by atoms with Gasteiger partial charge in [0.25, 0.3) is 0 Å². The van der Waals surface area contributed by atoms with E-state index >= 15 is 0 Å². The molecule has 0 N–H and O–H groups in total. The highest BCUT2D eigenvalue weighted by molar-refractivity contribution is 5.99. The molecule has 1 rings (SSSR count). The van der Waals surface area contributed by atoms with Gasteiger partial charge in [-0.2, -0.15) is 13.2 Å². The van der Waals surface area contributed by atoms with Gasteiger partial charge in [-0.1, -0.05) is 0 Å². The van der Waals surface area contributed by atoms with E-state index in [1.165, 1.54) is 6.92 Å². The topological polar surface area (TPSA) is 26.3 Å². The van der Waals surface area contributed by atoms with Crippen molar-refractivity contribution in [1.82, 2.24) is 0 Å².